The highest BCUT2D eigenvalue weighted by molar-refractivity contribution is 6.12. The Hall–Kier alpha value is -9.26. The lowest BCUT2D eigenvalue weighted by Crippen LogP contribution is -2.04. The Kier molecular flexibility index (Phi) is 9.39. The normalized spacial score (nSPS) is 11.5. The van der Waals surface area contributed by atoms with E-state index in [2.05, 4.69) is 179 Å². The standard InChI is InChI=1S/C62H40N6/c1-5-17-41(18-6-1)45-29-33-57-52(37-45)48-25-13-15-27-55(48)67(57)47-31-32-50(62-65-60(43-21-9-3-10-22-43)64-61(66-62)44-23-11-4-12-24-44)51(39-47)54-40-63-36-35-59(54)68-56-28-16-14-26-49(56)53-38-46(30-34-58(53)68)42-19-7-2-8-20-42/h1-40H. The summed E-state index contributed by atoms with van der Waals surface area (Å²) in [5.41, 5.74) is 15.7. The highest BCUT2D eigenvalue weighted by Crippen LogP contribution is 2.43. The fraction of sp³-hybridized carbons (Fsp3) is 0. The lowest BCUT2D eigenvalue weighted by Gasteiger charge is -2.18. The molecule has 0 amide bonds. The van der Waals surface area contributed by atoms with Crippen LogP contribution in [0.25, 0.3) is 123 Å². The maximum Gasteiger partial charge on any atom is 0.164 e. The van der Waals surface area contributed by atoms with E-state index in [0.29, 0.717) is 17.5 Å². The molecular formula is C62H40N6. The number of aromatic nitrogens is 6. The van der Waals surface area contributed by atoms with Crippen LogP contribution in [0.1, 0.15) is 0 Å². The van der Waals surface area contributed by atoms with Gasteiger partial charge in [-0.05, 0) is 88.5 Å². The number of para-hydroxylation sites is 2. The quantitative estimate of drug-likeness (QED) is 0.153. The van der Waals surface area contributed by atoms with Gasteiger partial charge in [-0.3, -0.25) is 4.98 Å². The third kappa shape index (κ3) is 6.66. The summed E-state index contributed by atoms with van der Waals surface area (Å²) >= 11 is 0. The summed E-state index contributed by atoms with van der Waals surface area (Å²) in [7, 11) is 0. The number of pyridine rings is 1. The van der Waals surface area contributed by atoms with Crippen LogP contribution in [0.15, 0.2) is 243 Å². The van der Waals surface area contributed by atoms with E-state index in [0.717, 1.165) is 61.3 Å². The van der Waals surface area contributed by atoms with Crippen molar-refractivity contribution in [2.45, 2.75) is 0 Å². The van der Waals surface area contributed by atoms with Crippen LogP contribution in [0.3, 0.4) is 0 Å². The van der Waals surface area contributed by atoms with Crippen LogP contribution in [0.4, 0.5) is 0 Å². The van der Waals surface area contributed by atoms with Gasteiger partial charge in [-0.15, -0.1) is 0 Å². The number of hydrogen-bond donors (Lipinski definition) is 0. The predicted molar refractivity (Wildman–Crippen MR) is 279 cm³/mol. The molecule has 0 bridgehead atoms. The van der Waals surface area contributed by atoms with E-state index in [1.807, 2.05) is 73.1 Å². The molecule has 0 saturated carbocycles. The molecule has 0 radical (unpaired) electrons. The molecule has 6 nitrogen and oxygen atoms in total. The van der Waals surface area contributed by atoms with Gasteiger partial charge in [0.1, 0.15) is 0 Å². The lowest BCUT2D eigenvalue weighted by molar-refractivity contribution is 1.07. The van der Waals surface area contributed by atoms with Gasteiger partial charge in [0, 0.05) is 61.9 Å². The van der Waals surface area contributed by atoms with Gasteiger partial charge in [0.05, 0.1) is 27.8 Å². The van der Waals surface area contributed by atoms with Crippen LogP contribution in [0, 0.1) is 0 Å². The highest BCUT2D eigenvalue weighted by Gasteiger charge is 2.23. The van der Waals surface area contributed by atoms with Crippen LogP contribution in [0.5, 0.6) is 0 Å². The van der Waals surface area contributed by atoms with E-state index in [4.69, 9.17) is 19.9 Å². The first kappa shape index (κ1) is 39.1. The van der Waals surface area contributed by atoms with Gasteiger partial charge in [0.15, 0.2) is 17.5 Å². The molecule has 0 atom stereocenters. The smallest absolute Gasteiger partial charge is 0.164 e. The molecule has 0 N–H and O–H groups in total. The molecule has 6 heteroatoms. The van der Waals surface area contributed by atoms with Gasteiger partial charge < -0.3 is 9.13 Å². The Balaban J connectivity index is 1.09. The predicted octanol–water partition coefficient (Wildman–Crippen LogP) is 15.5. The number of rotatable bonds is 8. The van der Waals surface area contributed by atoms with E-state index >= 15 is 0 Å². The molecule has 0 saturated heterocycles. The Morgan fingerprint density at radius 3 is 1.29 bits per heavy atom. The van der Waals surface area contributed by atoms with Gasteiger partial charge in [-0.2, -0.15) is 0 Å². The van der Waals surface area contributed by atoms with Crippen LogP contribution in [-0.4, -0.2) is 29.1 Å². The molecule has 9 aromatic carbocycles. The van der Waals surface area contributed by atoms with Crippen molar-refractivity contribution in [2.24, 2.45) is 0 Å². The molecule has 0 fully saturated rings. The van der Waals surface area contributed by atoms with Gasteiger partial charge in [-0.25, -0.2) is 15.0 Å². The molecule has 13 aromatic rings. The largest absolute Gasteiger partial charge is 0.309 e. The van der Waals surface area contributed by atoms with E-state index in [-0.39, 0.29) is 0 Å². The van der Waals surface area contributed by atoms with Crippen molar-refractivity contribution in [3.05, 3.63) is 243 Å². The van der Waals surface area contributed by atoms with E-state index in [1.54, 1.807) is 0 Å². The zero-order valence-electron chi connectivity index (χ0n) is 36.8. The van der Waals surface area contributed by atoms with Gasteiger partial charge >= 0.3 is 0 Å². The zero-order valence-corrected chi connectivity index (χ0v) is 36.8. The number of hydrogen-bond acceptors (Lipinski definition) is 4. The lowest BCUT2D eigenvalue weighted by atomic mass is 9.97. The van der Waals surface area contributed by atoms with Gasteiger partial charge in [-0.1, -0.05) is 170 Å². The van der Waals surface area contributed by atoms with Crippen LogP contribution in [-0.2, 0) is 0 Å². The first-order chi connectivity index (χ1) is 33.7. The van der Waals surface area contributed by atoms with Crippen LogP contribution in [0.2, 0.25) is 0 Å². The van der Waals surface area contributed by atoms with Crippen molar-refractivity contribution in [3.8, 4) is 78.9 Å². The van der Waals surface area contributed by atoms with Crippen molar-refractivity contribution < 1.29 is 0 Å². The minimum absolute atomic E-state index is 0.568. The summed E-state index contributed by atoms with van der Waals surface area (Å²) in [4.78, 5) is 20.5. The first-order valence-corrected chi connectivity index (χ1v) is 22.9. The Bertz CT molecular complexity index is 3950. The minimum atomic E-state index is 0.568. The Labute approximate surface area is 392 Å². The fourth-order valence-corrected chi connectivity index (χ4v) is 9.91. The molecule has 318 valence electrons. The molecule has 0 aliphatic rings. The molecule has 68 heavy (non-hydrogen) atoms. The van der Waals surface area contributed by atoms with Crippen LogP contribution < -0.4 is 0 Å². The third-order valence-electron chi connectivity index (χ3n) is 13.1. The number of fused-ring (bicyclic) bond motifs is 6. The van der Waals surface area contributed by atoms with E-state index in [9.17, 15) is 0 Å². The summed E-state index contributed by atoms with van der Waals surface area (Å²) in [6.07, 6.45) is 3.88. The second-order valence-electron chi connectivity index (χ2n) is 17.1. The topological polar surface area (TPSA) is 61.4 Å². The summed E-state index contributed by atoms with van der Waals surface area (Å²) < 4.78 is 4.77. The second kappa shape index (κ2) is 16.3. The van der Waals surface area contributed by atoms with E-state index < -0.39 is 0 Å². The molecule has 0 spiro atoms. The molecular weight excluding hydrogens is 829 g/mol. The SMILES string of the molecule is c1ccc(-c2ccc3c(c2)c2ccccc2n3-c2ccc(-c3nc(-c4ccccc4)nc(-c4ccccc4)n3)c(-c3cnccc3-n3c4ccccc4c4cc(-c5ccccc5)ccc43)c2)cc1. The number of nitrogens with zero attached hydrogens (tertiary/aromatic N) is 6. The van der Waals surface area contributed by atoms with Crippen molar-refractivity contribution in [3.63, 3.8) is 0 Å². The van der Waals surface area contributed by atoms with Gasteiger partial charge in [0.25, 0.3) is 0 Å². The summed E-state index contributed by atoms with van der Waals surface area (Å²) in [5.74, 6) is 1.77. The molecule has 0 aliphatic carbocycles. The average Bonchev–Trinajstić information content (AvgIpc) is 3.94. The minimum Gasteiger partial charge on any atom is -0.309 e. The Morgan fingerprint density at radius 2 is 0.735 bits per heavy atom. The van der Waals surface area contributed by atoms with Crippen molar-refractivity contribution in [2.75, 3.05) is 0 Å². The molecule has 0 aliphatic heterocycles. The van der Waals surface area contributed by atoms with Crippen molar-refractivity contribution in [1.82, 2.24) is 29.1 Å². The fourth-order valence-electron chi connectivity index (χ4n) is 9.91. The van der Waals surface area contributed by atoms with Crippen molar-refractivity contribution in [1.29, 1.82) is 0 Å². The maximum atomic E-state index is 5.29. The highest BCUT2D eigenvalue weighted by atomic mass is 15.0. The average molecular weight is 869 g/mol. The second-order valence-corrected chi connectivity index (χ2v) is 17.1. The zero-order chi connectivity index (χ0) is 45.0. The summed E-state index contributed by atoms with van der Waals surface area (Å²) in [5, 5.41) is 4.73. The Morgan fingerprint density at radius 1 is 0.279 bits per heavy atom. The van der Waals surface area contributed by atoms with E-state index in [1.165, 1.54) is 43.8 Å². The maximum absolute atomic E-state index is 5.29. The molecule has 13 rings (SSSR count). The van der Waals surface area contributed by atoms with Crippen molar-refractivity contribution >= 4 is 43.6 Å². The first-order valence-electron chi connectivity index (χ1n) is 22.9. The van der Waals surface area contributed by atoms with Crippen LogP contribution >= 0.6 is 0 Å². The van der Waals surface area contributed by atoms with Gasteiger partial charge in [0.2, 0.25) is 0 Å². The summed E-state index contributed by atoms with van der Waals surface area (Å²) in [6, 6.07) is 81.3. The monoisotopic (exact) mass is 868 g/mol. The number of benzene rings is 9. The third-order valence-corrected chi connectivity index (χ3v) is 13.1. The molecule has 4 heterocycles. The molecule has 0 unspecified atom stereocenters. The molecule has 4 aromatic heterocycles. The summed E-state index contributed by atoms with van der Waals surface area (Å²) in [6.45, 7) is 0.